The Bertz CT molecular complexity index is 1370. The predicted octanol–water partition coefficient (Wildman–Crippen LogP) is 5.21. The van der Waals surface area contributed by atoms with E-state index < -0.39 is 12.1 Å². The van der Waals surface area contributed by atoms with Gasteiger partial charge in [-0.25, -0.2) is 4.79 Å². The summed E-state index contributed by atoms with van der Waals surface area (Å²) in [6.45, 7) is 0.980. The van der Waals surface area contributed by atoms with Gasteiger partial charge in [-0.1, -0.05) is 60.7 Å². The van der Waals surface area contributed by atoms with Crippen molar-refractivity contribution in [2.45, 2.75) is 57.6 Å². The Kier molecular flexibility index (Phi) is 13.1. The molecular weight excluding hydrogens is 570 g/mol. The van der Waals surface area contributed by atoms with E-state index in [1.165, 1.54) is 0 Å². The normalized spacial score (nSPS) is 16.6. The number of nitrogens with two attached hydrogens (primary N) is 1. The van der Waals surface area contributed by atoms with Crippen LogP contribution in [0.25, 0.3) is 0 Å². The molecule has 0 spiro atoms. The van der Waals surface area contributed by atoms with Gasteiger partial charge in [0.2, 0.25) is 5.91 Å². The topological polar surface area (TPSA) is 137 Å². The molecule has 238 valence electrons. The summed E-state index contributed by atoms with van der Waals surface area (Å²) in [6, 6.07) is 24.4. The molecule has 3 aromatic rings. The highest BCUT2D eigenvalue weighted by atomic mass is 16.5. The van der Waals surface area contributed by atoms with Crippen LogP contribution in [0.15, 0.2) is 84.9 Å². The molecule has 2 amide bonds. The number of hydrogen-bond donors (Lipinski definition) is 3. The van der Waals surface area contributed by atoms with Crippen LogP contribution in [0.2, 0.25) is 0 Å². The smallest absolute Gasteiger partial charge is 0.407 e. The Morgan fingerprint density at radius 1 is 0.800 bits per heavy atom. The summed E-state index contributed by atoms with van der Waals surface area (Å²) in [6.07, 6.45) is 4.46. The Morgan fingerprint density at radius 3 is 2.11 bits per heavy atom. The van der Waals surface area contributed by atoms with E-state index >= 15 is 0 Å². The standard InChI is InChI=1S/C36H43N3O6/c37-23-26-14-16-30(17-15-26)35(42)39-32(13-7-8-22-38-36(43)45-24-27-9-3-1-4-10-27)33(40)25-44-31-20-18-29(19-21-31)34(41)28-11-5-2-6-12-28/h1-6,9-12,18-21,26,30,32H,7-8,13-17,22-25,37H2,(H,38,43)(H,39,42)/t26?,30?,32-/m0/s1. The number of alkyl carbamates (subject to hydrolysis) is 1. The lowest BCUT2D eigenvalue weighted by atomic mass is 9.81. The first-order chi connectivity index (χ1) is 21.9. The van der Waals surface area contributed by atoms with Crippen LogP contribution in [0, 0.1) is 11.8 Å². The third-order valence-corrected chi connectivity index (χ3v) is 8.19. The fourth-order valence-electron chi connectivity index (χ4n) is 5.42. The minimum absolute atomic E-state index is 0.0968. The minimum atomic E-state index is -0.714. The summed E-state index contributed by atoms with van der Waals surface area (Å²) >= 11 is 0. The molecule has 0 aliphatic heterocycles. The van der Waals surface area contributed by atoms with E-state index in [-0.39, 0.29) is 36.6 Å². The van der Waals surface area contributed by atoms with Crippen LogP contribution < -0.4 is 21.1 Å². The van der Waals surface area contributed by atoms with Crippen molar-refractivity contribution in [2.75, 3.05) is 19.7 Å². The van der Waals surface area contributed by atoms with Crippen molar-refractivity contribution in [2.24, 2.45) is 17.6 Å². The van der Waals surface area contributed by atoms with Crippen LogP contribution in [0.1, 0.15) is 66.4 Å². The van der Waals surface area contributed by atoms with Gasteiger partial charge in [-0.15, -0.1) is 0 Å². The zero-order valence-corrected chi connectivity index (χ0v) is 25.6. The van der Waals surface area contributed by atoms with Crippen molar-refractivity contribution in [3.05, 3.63) is 102 Å². The van der Waals surface area contributed by atoms with Crippen molar-refractivity contribution in [3.63, 3.8) is 0 Å². The summed E-state index contributed by atoms with van der Waals surface area (Å²) in [5.74, 6) is 0.312. The summed E-state index contributed by atoms with van der Waals surface area (Å²) in [5.41, 5.74) is 7.82. The molecule has 45 heavy (non-hydrogen) atoms. The summed E-state index contributed by atoms with van der Waals surface area (Å²) < 4.78 is 11.0. The van der Waals surface area contributed by atoms with Crippen LogP contribution in [-0.2, 0) is 20.9 Å². The molecule has 0 heterocycles. The van der Waals surface area contributed by atoms with Crippen molar-refractivity contribution in [3.8, 4) is 5.75 Å². The number of ketones is 2. The van der Waals surface area contributed by atoms with Gasteiger partial charge in [-0.3, -0.25) is 14.4 Å². The average Bonchev–Trinajstić information content (AvgIpc) is 3.09. The first-order valence-corrected chi connectivity index (χ1v) is 15.7. The second-order valence-corrected chi connectivity index (χ2v) is 11.5. The molecule has 4 N–H and O–H groups in total. The second-order valence-electron chi connectivity index (χ2n) is 11.5. The van der Waals surface area contributed by atoms with Gasteiger partial charge in [-0.05, 0) is 87.2 Å². The molecular formula is C36H43N3O6. The Balaban J connectivity index is 1.26. The Morgan fingerprint density at radius 2 is 1.44 bits per heavy atom. The Hall–Kier alpha value is -4.50. The van der Waals surface area contributed by atoms with Gasteiger partial charge in [0.25, 0.3) is 0 Å². The van der Waals surface area contributed by atoms with Gasteiger partial charge < -0.3 is 25.8 Å². The van der Waals surface area contributed by atoms with E-state index in [0.717, 1.165) is 31.2 Å². The maximum Gasteiger partial charge on any atom is 0.407 e. The fraction of sp³-hybridized carbons (Fsp3) is 0.389. The number of amides is 2. The number of rotatable bonds is 16. The third kappa shape index (κ3) is 10.9. The largest absolute Gasteiger partial charge is 0.486 e. The fourth-order valence-corrected chi connectivity index (χ4v) is 5.42. The number of benzene rings is 3. The maximum absolute atomic E-state index is 13.3. The van der Waals surface area contributed by atoms with Crippen molar-refractivity contribution < 1.29 is 28.7 Å². The predicted molar refractivity (Wildman–Crippen MR) is 172 cm³/mol. The number of nitrogens with one attached hydrogen (secondary N) is 2. The van der Waals surface area contributed by atoms with E-state index in [1.807, 2.05) is 48.5 Å². The number of unbranched alkanes of at least 4 members (excludes halogenated alkanes) is 1. The lowest BCUT2D eigenvalue weighted by molar-refractivity contribution is -0.132. The van der Waals surface area contributed by atoms with E-state index in [0.29, 0.717) is 55.1 Å². The van der Waals surface area contributed by atoms with Gasteiger partial charge in [0.1, 0.15) is 19.0 Å². The molecule has 3 aromatic carbocycles. The third-order valence-electron chi connectivity index (χ3n) is 8.19. The van der Waals surface area contributed by atoms with Gasteiger partial charge >= 0.3 is 6.09 Å². The van der Waals surface area contributed by atoms with Crippen LogP contribution >= 0.6 is 0 Å². The highest BCUT2D eigenvalue weighted by Gasteiger charge is 2.29. The van der Waals surface area contributed by atoms with E-state index in [1.54, 1.807) is 36.4 Å². The molecule has 0 radical (unpaired) electrons. The molecule has 0 saturated heterocycles. The lowest BCUT2D eigenvalue weighted by Gasteiger charge is -2.28. The molecule has 1 fully saturated rings. The van der Waals surface area contributed by atoms with Crippen LogP contribution in [0.3, 0.4) is 0 Å². The number of ether oxygens (including phenoxy) is 2. The molecule has 4 rings (SSSR count). The zero-order valence-electron chi connectivity index (χ0n) is 25.6. The van der Waals surface area contributed by atoms with E-state index in [2.05, 4.69) is 10.6 Å². The molecule has 9 heteroatoms. The highest BCUT2D eigenvalue weighted by Crippen LogP contribution is 2.28. The lowest BCUT2D eigenvalue weighted by Crippen LogP contribution is -2.46. The number of carbonyl (C=O) groups excluding carboxylic acids is 4. The van der Waals surface area contributed by atoms with Gasteiger partial charge in [0.15, 0.2) is 11.6 Å². The number of carbonyl (C=O) groups is 4. The summed E-state index contributed by atoms with van der Waals surface area (Å²) in [7, 11) is 0. The SMILES string of the molecule is NCC1CCC(C(=O)N[C@@H](CCCCNC(=O)OCc2ccccc2)C(=O)COc2ccc(C(=O)c3ccccc3)cc2)CC1. The zero-order chi connectivity index (χ0) is 31.9. The average molecular weight is 614 g/mol. The minimum Gasteiger partial charge on any atom is -0.486 e. The molecule has 1 aliphatic carbocycles. The van der Waals surface area contributed by atoms with Crippen molar-refractivity contribution in [1.82, 2.24) is 10.6 Å². The van der Waals surface area contributed by atoms with Crippen LogP contribution in [0.4, 0.5) is 4.79 Å². The van der Waals surface area contributed by atoms with Crippen molar-refractivity contribution >= 4 is 23.6 Å². The first-order valence-electron chi connectivity index (χ1n) is 15.7. The molecule has 9 nitrogen and oxygen atoms in total. The molecule has 1 aliphatic rings. The monoisotopic (exact) mass is 613 g/mol. The van der Waals surface area contributed by atoms with Gasteiger partial charge in [0.05, 0.1) is 6.04 Å². The van der Waals surface area contributed by atoms with Gasteiger partial charge in [0, 0.05) is 23.6 Å². The molecule has 1 atom stereocenters. The quantitative estimate of drug-likeness (QED) is 0.149. The molecule has 1 saturated carbocycles. The summed E-state index contributed by atoms with van der Waals surface area (Å²) in [5, 5.41) is 5.71. The second kappa shape index (κ2) is 17.7. The van der Waals surface area contributed by atoms with Crippen LogP contribution in [-0.4, -0.2) is 49.3 Å². The highest BCUT2D eigenvalue weighted by molar-refractivity contribution is 6.09. The van der Waals surface area contributed by atoms with Crippen LogP contribution in [0.5, 0.6) is 5.75 Å². The van der Waals surface area contributed by atoms with Gasteiger partial charge in [-0.2, -0.15) is 0 Å². The molecule has 0 unspecified atom stereocenters. The molecule has 0 aromatic heterocycles. The summed E-state index contributed by atoms with van der Waals surface area (Å²) in [4.78, 5) is 51.1. The number of Topliss-reactive ketones (excluding diaryl/α,β-unsaturated/α-hetero) is 1. The number of hydrogen-bond acceptors (Lipinski definition) is 7. The maximum atomic E-state index is 13.3. The molecule has 0 bridgehead atoms. The van der Waals surface area contributed by atoms with E-state index in [9.17, 15) is 19.2 Å². The van der Waals surface area contributed by atoms with E-state index in [4.69, 9.17) is 15.2 Å². The Labute approximate surface area is 264 Å². The van der Waals surface area contributed by atoms with Crippen molar-refractivity contribution in [1.29, 1.82) is 0 Å². The first kappa shape index (κ1) is 33.4.